The molecule has 0 saturated heterocycles. The van der Waals surface area contributed by atoms with Crippen LogP contribution < -0.4 is 14.8 Å². The molecule has 1 atom stereocenters. The van der Waals surface area contributed by atoms with Crippen molar-refractivity contribution < 1.29 is 24.2 Å². The van der Waals surface area contributed by atoms with Crippen LogP contribution >= 0.6 is 23.2 Å². The summed E-state index contributed by atoms with van der Waals surface area (Å²) in [4.78, 5) is 21.2. The third kappa shape index (κ3) is 3.46. The number of nitrogens with one attached hydrogen (secondary N) is 1. The quantitative estimate of drug-likeness (QED) is 0.800. The molecule has 0 spiro atoms. The number of hydrogen-bond acceptors (Lipinski definition) is 4. The minimum absolute atomic E-state index is 0.0816. The zero-order chi connectivity index (χ0) is 14.7. The van der Waals surface area contributed by atoms with Gasteiger partial charge in [-0.15, -0.1) is 0 Å². The van der Waals surface area contributed by atoms with Gasteiger partial charge in [0.25, 0.3) is 5.91 Å². The predicted octanol–water partition coefficient (Wildman–Crippen LogP) is 1.33. The van der Waals surface area contributed by atoms with E-state index in [2.05, 4.69) is 5.32 Å². The van der Waals surface area contributed by atoms with E-state index in [1.165, 1.54) is 0 Å². The Kier molecular flexibility index (Phi) is 4.57. The number of rotatable bonds is 5. The summed E-state index contributed by atoms with van der Waals surface area (Å²) >= 11 is 10.8. The van der Waals surface area contributed by atoms with Gasteiger partial charge >= 0.3 is 5.97 Å². The summed E-state index contributed by atoms with van der Waals surface area (Å²) in [6.07, 6.45) is 0.0816. The number of amides is 1. The first-order valence-corrected chi connectivity index (χ1v) is 6.54. The molecule has 1 unspecified atom stereocenters. The van der Waals surface area contributed by atoms with Gasteiger partial charge in [-0.2, -0.15) is 0 Å². The number of carbonyl (C=O) groups is 2. The largest absolute Gasteiger partial charge is 0.480 e. The van der Waals surface area contributed by atoms with E-state index >= 15 is 0 Å². The molecule has 2 N–H and O–H groups in total. The second-order valence-corrected chi connectivity index (χ2v) is 5.19. The van der Waals surface area contributed by atoms with Crippen molar-refractivity contribution in [1.29, 1.82) is 0 Å². The average molecular weight is 320 g/mol. The molecule has 0 radical (unpaired) electrons. The molecule has 6 nitrogen and oxygen atoms in total. The molecule has 1 aliphatic heterocycles. The van der Waals surface area contributed by atoms with Crippen molar-refractivity contribution in [3.8, 4) is 11.5 Å². The fourth-order valence-electron chi connectivity index (χ4n) is 1.74. The molecule has 1 amide bonds. The molecule has 2 rings (SSSR count). The highest BCUT2D eigenvalue weighted by Crippen LogP contribution is 2.32. The maximum Gasteiger partial charge on any atom is 0.326 e. The van der Waals surface area contributed by atoms with Crippen LogP contribution in [-0.4, -0.2) is 34.7 Å². The monoisotopic (exact) mass is 319 g/mol. The summed E-state index contributed by atoms with van der Waals surface area (Å²) < 4.78 is 10.4. The standard InChI is InChI=1S/C12H11Cl2NO5/c13-10(14)11(16)15-7(12(17)18)3-6-1-2-8-9(4-6)20-5-19-8/h1-2,4,7,10H,3,5H2,(H,15,16)(H,17,18). The maximum atomic E-state index is 11.4. The van der Waals surface area contributed by atoms with Gasteiger partial charge in [0.15, 0.2) is 16.3 Å². The number of carboxylic acid groups (broad SMARTS) is 1. The van der Waals surface area contributed by atoms with Crippen LogP contribution in [0.5, 0.6) is 11.5 Å². The van der Waals surface area contributed by atoms with Crippen LogP contribution in [0.25, 0.3) is 0 Å². The number of benzene rings is 1. The number of carbonyl (C=O) groups excluding carboxylic acids is 1. The highest BCUT2D eigenvalue weighted by Gasteiger charge is 2.24. The van der Waals surface area contributed by atoms with Gasteiger partial charge in [0.1, 0.15) is 6.04 Å². The Morgan fingerprint density at radius 3 is 2.65 bits per heavy atom. The number of alkyl halides is 2. The molecule has 20 heavy (non-hydrogen) atoms. The van der Waals surface area contributed by atoms with Crippen molar-refractivity contribution in [2.45, 2.75) is 17.3 Å². The van der Waals surface area contributed by atoms with Crippen molar-refractivity contribution in [2.75, 3.05) is 6.79 Å². The SMILES string of the molecule is O=C(NC(Cc1ccc2c(c1)OCO2)C(=O)O)C(Cl)Cl. The maximum absolute atomic E-state index is 11.4. The number of halogens is 2. The van der Waals surface area contributed by atoms with Gasteiger partial charge in [-0.25, -0.2) is 4.79 Å². The van der Waals surface area contributed by atoms with Crippen LogP contribution in [0, 0.1) is 0 Å². The number of fused-ring (bicyclic) bond motifs is 1. The smallest absolute Gasteiger partial charge is 0.326 e. The molecule has 0 fully saturated rings. The minimum atomic E-state index is -1.31. The molecular formula is C12H11Cl2NO5. The fraction of sp³-hybridized carbons (Fsp3) is 0.333. The fourth-order valence-corrected chi connectivity index (χ4v) is 1.86. The van der Waals surface area contributed by atoms with E-state index in [1.54, 1.807) is 18.2 Å². The Bertz CT molecular complexity index is 535. The predicted molar refractivity (Wildman–Crippen MR) is 71.3 cm³/mol. The van der Waals surface area contributed by atoms with Gasteiger partial charge in [0.2, 0.25) is 6.79 Å². The van der Waals surface area contributed by atoms with Gasteiger partial charge in [0.05, 0.1) is 0 Å². The third-order valence-corrected chi connectivity index (χ3v) is 3.09. The van der Waals surface area contributed by atoms with Gasteiger partial charge in [0, 0.05) is 6.42 Å². The molecule has 0 aromatic heterocycles. The zero-order valence-corrected chi connectivity index (χ0v) is 11.6. The number of hydrogen-bond donors (Lipinski definition) is 2. The lowest BCUT2D eigenvalue weighted by Crippen LogP contribution is -2.44. The molecule has 1 aromatic rings. The Labute approximate surface area is 124 Å². The van der Waals surface area contributed by atoms with E-state index < -0.39 is 22.8 Å². The Morgan fingerprint density at radius 1 is 1.30 bits per heavy atom. The molecule has 1 aliphatic rings. The third-order valence-electron chi connectivity index (χ3n) is 2.69. The van der Waals surface area contributed by atoms with Crippen LogP contribution in [0.4, 0.5) is 0 Å². The van der Waals surface area contributed by atoms with Gasteiger partial charge in [-0.05, 0) is 17.7 Å². The van der Waals surface area contributed by atoms with Crippen LogP contribution in [0.2, 0.25) is 0 Å². The number of ether oxygens (including phenoxy) is 2. The minimum Gasteiger partial charge on any atom is -0.480 e. The van der Waals surface area contributed by atoms with Crippen LogP contribution in [0.15, 0.2) is 18.2 Å². The van der Waals surface area contributed by atoms with Gasteiger partial charge < -0.3 is 19.9 Å². The Balaban J connectivity index is 2.08. The van der Waals surface area contributed by atoms with E-state index in [4.69, 9.17) is 37.8 Å². The molecule has 108 valence electrons. The first kappa shape index (κ1) is 14.7. The van der Waals surface area contributed by atoms with E-state index in [-0.39, 0.29) is 13.2 Å². The molecule has 1 aromatic carbocycles. The van der Waals surface area contributed by atoms with Crippen LogP contribution in [0.1, 0.15) is 5.56 Å². The van der Waals surface area contributed by atoms with Gasteiger partial charge in [-0.3, -0.25) is 4.79 Å². The lowest BCUT2D eigenvalue weighted by atomic mass is 10.1. The second-order valence-electron chi connectivity index (χ2n) is 4.09. The average Bonchev–Trinajstić information content (AvgIpc) is 2.84. The van der Waals surface area contributed by atoms with Crippen molar-refractivity contribution in [3.05, 3.63) is 23.8 Å². The normalized spacial score (nSPS) is 14.2. The van der Waals surface area contributed by atoms with E-state index in [0.717, 1.165) is 0 Å². The topological polar surface area (TPSA) is 84.9 Å². The van der Waals surface area contributed by atoms with Crippen LogP contribution in [-0.2, 0) is 16.0 Å². The molecule has 1 heterocycles. The second kappa shape index (κ2) is 6.19. The zero-order valence-electron chi connectivity index (χ0n) is 10.1. The first-order chi connectivity index (χ1) is 9.47. The van der Waals surface area contributed by atoms with E-state index in [1.807, 2.05) is 0 Å². The molecule has 8 heteroatoms. The first-order valence-electron chi connectivity index (χ1n) is 5.67. The number of carboxylic acids is 1. The highest BCUT2D eigenvalue weighted by molar-refractivity contribution is 6.53. The summed E-state index contributed by atoms with van der Waals surface area (Å²) in [6, 6.07) is 3.94. The summed E-state index contributed by atoms with van der Waals surface area (Å²) in [7, 11) is 0. The molecular weight excluding hydrogens is 309 g/mol. The van der Waals surface area contributed by atoms with E-state index in [9.17, 15) is 9.59 Å². The molecule has 0 bridgehead atoms. The summed E-state index contributed by atoms with van der Waals surface area (Å²) in [5.41, 5.74) is 0.683. The Hall–Kier alpha value is -1.66. The highest BCUT2D eigenvalue weighted by atomic mass is 35.5. The Morgan fingerprint density at radius 2 is 2.00 bits per heavy atom. The lowest BCUT2D eigenvalue weighted by Gasteiger charge is -2.15. The lowest BCUT2D eigenvalue weighted by molar-refractivity contribution is -0.141. The van der Waals surface area contributed by atoms with Crippen LogP contribution in [0.3, 0.4) is 0 Å². The van der Waals surface area contributed by atoms with Crippen molar-refractivity contribution in [1.82, 2.24) is 5.32 Å². The van der Waals surface area contributed by atoms with Crippen molar-refractivity contribution in [3.63, 3.8) is 0 Å². The van der Waals surface area contributed by atoms with Crippen molar-refractivity contribution in [2.24, 2.45) is 0 Å². The van der Waals surface area contributed by atoms with Gasteiger partial charge in [-0.1, -0.05) is 29.3 Å². The van der Waals surface area contributed by atoms with E-state index in [0.29, 0.717) is 17.1 Å². The summed E-state index contributed by atoms with van der Waals surface area (Å²) in [6.45, 7) is 0.137. The summed E-state index contributed by atoms with van der Waals surface area (Å²) in [5.74, 6) is -0.775. The molecule has 0 saturated carbocycles. The molecule has 0 aliphatic carbocycles. The summed E-state index contributed by atoms with van der Waals surface area (Å²) in [5, 5.41) is 11.4. The number of aliphatic carboxylic acids is 1. The van der Waals surface area contributed by atoms with Crippen molar-refractivity contribution >= 4 is 35.1 Å².